The highest BCUT2D eigenvalue weighted by molar-refractivity contribution is 7.80. The Morgan fingerprint density at radius 2 is 1.81 bits per heavy atom. The van der Waals surface area contributed by atoms with Gasteiger partial charge in [-0.3, -0.25) is 10.1 Å². The van der Waals surface area contributed by atoms with E-state index in [0.29, 0.717) is 29.4 Å². The topological polar surface area (TPSA) is 80.0 Å². The van der Waals surface area contributed by atoms with Crippen LogP contribution < -0.4 is 10.1 Å². The minimum atomic E-state index is -0.380. The number of hydrogen-bond donors (Lipinski definition) is 1. The molecule has 3 aromatic carbocycles. The second-order valence-corrected chi connectivity index (χ2v) is 7.69. The van der Waals surface area contributed by atoms with Crippen LogP contribution in [0.3, 0.4) is 0 Å². The molecule has 0 saturated carbocycles. The Bertz CT molecular complexity index is 1150. The molecule has 8 heteroatoms. The van der Waals surface area contributed by atoms with Gasteiger partial charge in [-0.2, -0.15) is 5.10 Å². The van der Waals surface area contributed by atoms with E-state index >= 15 is 0 Å². The Morgan fingerprint density at radius 1 is 1.12 bits per heavy atom. The Balaban J connectivity index is 1.64. The van der Waals surface area contributed by atoms with Gasteiger partial charge in [0.25, 0.3) is 5.69 Å². The van der Waals surface area contributed by atoms with Gasteiger partial charge in [0.05, 0.1) is 29.4 Å². The molecule has 0 saturated heterocycles. The van der Waals surface area contributed by atoms with Gasteiger partial charge in [0.1, 0.15) is 5.75 Å². The molecule has 7 nitrogen and oxygen atoms in total. The highest BCUT2D eigenvalue weighted by Crippen LogP contribution is 2.35. The molecule has 32 heavy (non-hydrogen) atoms. The molecule has 0 aliphatic carbocycles. The molecule has 1 aliphatic heterocycles. The smallest absolute Gasteiger partial charge is 0.278 e. The van der Waals surface area contributed by atoms with Crippen LogP contribution in [0.4, 0.5) is 5.69 Å². The third-order valence-electron chi connectivity index (χ3n) is 5.32. The van der Waals surface area contributed by atoms with Crippen LogP contribution in [-0.2, 0) is 6.54 Å². The number of benzene rings is 3. The van der Waals surface area contributed by atoms with Gasteiger partial charge in [-0.1, -0.05) is 54.6 Å². The van der Waals surface area contributed by atoms with Gasteiger partial charge in [0.15, 0.2) is 5.11 Å². The first-order chi connectivity index (χ1) is 15.6. The van der Waals surface area contributed by atoms with Crippen LogP contribution in [0.2, 0.25) is 0 Å². The number of hydrazone groups is 1. The predicted octanol–water partition coefficient (Wildman–Crippen LogP) is 4.83. The highest BCUT2D eigenvalue weighted by atomic mass is 32.1. The van der Waals surface area contributed by atoms with Crippen molar-refractivity contribution in [2.24, 2.45) is 5.10 Å². The van der Waals surface area contributed by atoms with E-state index < -0.39 is 0 Å². The lowest BCUT2D eigenvalue weighted by molar-refractivity contribution is -0.385. The molecule has 0 aromatic heterocycles. The van der Waals surface area contributed by atoms with Crippen molar-refractivity contribution in [3.05, 3.63) is 106 Å². The Morgan fingerprint density at radius 3 is 2.50 bits per heavy atom. The van der Waals surface area contributed by atoms with E-state index in [0.717, 1.165) is 16.9 Å². The third kappa shape index (κ3) is 4.60. The summed E-state index contributed by atoms with van der Waals surface area (Å²) in [5.41, 5.74) is 3.25. The summed E-state index contributed by atoms with van der Waals surface area (Å²) < 4.78 is 5.27. The summed E-state index contributed by atoms with van der Waals surface area (Å²) in [6.45, 7) is 0.557. The summed E-state index contributed by atoms with van der Waals surface area (Å²) in [7, 11) is 1.62. The number of rotatable bonds is 6. The summed E-state index contributed by atoms with van der Waals surface area (Å²) in [5, 5.41) is 21.8. The fourth-order valence-corrected chi connectivity index (χ4v) is 3.92. The van der Waals surface area contributed by atoms with Crippen LogP contribution in [-0.4, -0.2) is 27.9 Å². The van der Waals surface area contributed by atoms with Crippen molar-refractivity contribution in [1.29, 1.82) is 0 Å². The molecule has 0 bridgehead atoms. The van der Waals surface area contributed by atoms with Crippen molar-refractivity contribution in [2.75, 3.05) is 7.11 Å². The van der Waals surface area contributed by atoms with Gasteiger partial charge in [-0.15, -0.1) is 0 Å². The monoisotopic (exact) mass is 446 g/mol. The molecule has 0 spiro atoms. The molecule has 0 amide bonds. The molecule has 1 aliphatic rings. The molecule has 1 heterocycles. The Labute approximate surface area is 191 Å². The number of para-hydroxylation sites is 1. The minimum Gasteiger partial charge on any atom is -0.497 e. The molecular formula is C24H22N4O3S. The van der Waals surface area contributed by atoms with E-state index in [1.807, 2.05) is 54.6 Å². The van der Waals surface area contributed by atoms with Gasteiger partial charge >= 0.3 is 0 Å². The fourth-order valence-electron chi connectivity index (χ4n) is 3.68. The molecule has 162 valence electrons. The van der Waals surface area contributed by atoms with E-state index in [9.17, 15) is 10.1 Å². The van der Waals surface area contributed by atoms with E-state index in [1.54, 1.807) is 30.3 Å². The van der Waals surface area contributed by atoms with Crippen LogP contribution in [0.5, 0.6) is 5.75 Å². The molecule has 1 N–H and O–H groups in total. The SMILES string of the molecule is COc1ccc([C@@H]2CC(c3ccccc3[N+](=O)[O-])=NN2C(=S)NCc2ccccc2)cc1. The molecule has 1 atom stereocenters. The van der Waals surface area contributed by atoms with Crippen molar-refractivity contribution in [3.63, 3.8) is 0 Å². The van der Waals surface area contributed by atoms with Crippen LogP contribution >= 0.6 is 12.2 Å². The fraction of sp³-hybridized carbons (Fsp3) is 0.167. The van der Waals surface area contributed by atoms with Crippen molar-refractivity contribution in [3.8, 4) is 5.75 Å². The van der Waals surface area contributed by atoms with Crippen molar-refractivity contribution in [1.82, 2.24) is 10.3 Å². The number of nitro groups is 1. The van der Waals surface area contributed by atoms with E-state index in [-0.39, 0.29) is 16.7 Å². The third-order valence-corrected chi connectivity index (χ3v) is 5.65. The second-order valence-electron chi connectivity index (χ2n) is 7.30. The van der Waals surface area contributed by atoms with Crippen molar-refractivity contribution in [2.45, 2.75) is 19.0 Å². The first kappa shape index (κ1) is 21.5. The summed E-state index contributed by atoms with van der Waals surface area (Å²) in [6.07, 6.45) is 0.490. The number of methoxy groups -OCH3 is 1. The zero-order valence-electron chi connectivity index (χ0n) is 17.5. The van der Waals surface area contributed by atoms with Crippen LogP contribution in [0, 0.1) is 10.1 Å². The lowest BCUT2D eigenvalue weighted by atomic mass is 9.97. The quantitative estimate of drug-likeness (QED) is 0.332. The van der Waals surface area contributed by atoms with Gasteiger partial charge in [0, 0.05) is 19.0 Å². The summed E-state index contributed by atoms with van der Waals surface area (Å²) in [5.74, 6) is 0.753. The van der Waals surface area contributed by atoms with Crippen molar-refractivity contribution < 1.29 is 9.66 Å². The zero-order valence-corrected chi connectivity index (χ0v) is 18.3. The van der Waals surface area contributed by atoms with E-state index in [2.05, 4.69) is 5.32 Å². The van der Waals surface area contributed by atoms with Gasteiger partial charge in [-0.05, 0) is 41.5 Å². The molecule has 3 aromatic rings. The van der Waals surface area contributed by atoms with Gasteiger partial charge in [-0.25, -0.2) is 5.01 Å². The first-order valence-electron chi connectivity index (χ1n) is 10.1. The highest BCUT2D eigenvalue weighted by Gasteiger charge is 2.33. The predicted molar refractivity (Wildman–Crippen MR) is 128 cm³/mol. The molecule has 4 rings (SSSR count). The number of hydrogen-bond acceptors (Lipinski definition) is 5. The number of nitro benzene ring substituents is 1. The molecule has 0 radical (unpaired) electrons. The maximum absolute atomic E-state index is 11.6. The first-order valence-corrected chi connectivity index (χ1v) is 10.5. The van der Waals surface area contributed by atoms with Crippen LogP contribution in [0.25, 0.3) is 0 Å². The molecular weight excluding hydrogens is 424 g/mol. The summed E-state index contributed by atoms with van der Waals surface area (Å²) >= 11 is 5.68. The number of nitrogens with zero attached hydrogens (tertiary/aromatic N) is 3. The maximum atomic E-state index is 11.6. The number of ether oxygens (including phenoxy) is 1. The summed E-state index contributed by atoms with van der Waals surface area (Å²) in [6, 6.07) is 24.1. The lowest BCUT2D eigenvalue weighted by Gasteiger charge is -2.25. The molecule has 0 fully saturated rings. The number of thiocarbonyl (C=S) groups is 1. The molecule has 0 unspecified atom stereocenters. The second kappa shape index (κ2) is 9.57. The average molecular weight is 447 g/mol. The zero-order chi connectivity index (χ0) is 22.5. The van der Waals surface area contributed by atoms with Crippen molar-refractivity contribution >= 4 is 28.7 Å². The van der Waals surface area contributed by atoms with E-state index in [1.165, 1.54) is 6.07 Å². The summed E-state index contributed by atoms with van der Waals surface area (Å²) in [4.78, 5) is 11.2. The Kier molecular flexibility index (Phi) is 6.42. The minimum absolute atomic E-state index is 0.0322. The lowest BCUT2D eigenvalue weighted by Crippen LogP contribution is -2.36. The van der Waals surface area contributed by atoms with Gasteiger partial charge < -0.3 is 10.1 Å². The Hall–Kier alpha value is -3.78. The maximum Gasteiger partial charge on any atom is 0.278 e. The van der Waals surface area contributed by atoms with Crippen LogP contribution in [0.1, 0.15) is 29.2 Å². The van der Waals surface area contributed by atoms with Gasteiger partial charge in [0.2, 0.25) is 0 Å². The normalized spacial score (nSPS) is 15.2. The largest absolute Gasteiger partial charge is 0.497 e. The van der Waals surface area contributed by atoms with Crippen LogP contribution in [0.15, 0.2) is 84.0 Å². The number of nitrogens with one attached hydrogen (secondary N) is 1. The van der Waals surface area contributed by atoms with E-state index in [4.69, 9.17) is 22.1 Å². The average Bonchev–Trinajstić information content (AvgIpc) is 3.29. The standard InChI is InChI=1S/C24H22N4O3S/c1-31-19-13-11-18(12-14-19)23-15-21(20-9-5-6-10-22(20)28(29)30)26-27(23)24(32)25-16-17-7-3-2-4-8-17/h2-14,23H,15-16H2,1H3,(H,25,32)/t23-/m0/s1.